The summed E-state index contributed by atoms with van der Waals surface area (Å²) in [6.45, 7) is 0. The highest BCUT2D eigenvalue weighted by atomic mass is 35.7. The van der Waals surface area contributed by atoms with Gasteiger partial charge in [0, 0.05) is 22.6 Å². The van der Waals surface area contributed by atoms with Crippen LogP contribution in [0.3, 0.4) is 0 Å². The second-order valence-corrected chi connectivity index (χ2v) is 7.96. The molecule has 112 valence electrons. The van der Waals surface area contributed by atoms with Crippen LogP contribution in [0.1, 0.15) is 0 Å². The molecule has 0 saturated carbocycles. The lowest BCUT2D eigenvalue weighted by molar-refractivity contribution is -0.383. The van der Waals surface area contributed by atoms with Gasteiger partial charge in [-0.2, -0.15) is 0 Å². The number of thioether (sulfide) groups is 1. The number of hydrogen-bond donors (Lipinski definition) is 0. The van der Waals surface area contributed by atoms with Gasteiger partial charge in [0.25, 0.3) is 5.69 Å². The van der Waals surface area contributed by atoms with Crippen molar-refractivity contribution >= 4 is 48.1 Å². The molecule has 2 rings (SSSR count). The maximum absolute atomic E-state index is 14.0. The summed E-state index contributed by atoms with van der Waals surface area (Å²) in [7, 11) is 1.40. The van der Waals surface area contributed by atoms with E-state index in [1.807, 2.05) is 0 Å². The Balaban J connectivity index is 2.47. The van der Waals surface area contributed by atoms with Crippen molar-refractivity contribution in [2.24, 2.45) is 0 Å². The second kappa shape index (κ2) is 6.12. The van der Waals surface area contributed by atoms with Crippen molar-refractivity contribution in [3.05, 3.63) is 40.3 Å². The summed E-state index contributed by atoms with van der Waals surface area (Å²) in [4.78, 5) is 14.3. The largest absolute Gasteiger partial charge is 0.281 e. The number of hydrogen-bond acceptors (Lipinski definition) is 6. The van der Waals surface area contributed by atoms with Crippen molar-refractivity contribution < 1.29 is 17.7 Å². The molecular weight excluding hydrogens is 343 g/mol. The molecule has 0 N–H and O–H groups in total. The molecule has 0 fully saturated rings. The molecule has 0 aliphatic rings. The molecule has 0 bridgehead atoms. The molecule has 0 saturated heterocycles. The van der Waals surface area contributed by atoms with Crippen LogP contribution in [0.25, 0.3) is 10.9 Å². The van der Waals surface area contributed by atoms with Gasteiger partial charge in [0.05, 0.1) is 32.5 Å². The molecule has 0 spiro atoms. The number of aromatic nitrogens is 1. The van der Waals surface area contributed by atoms with E-state index in [9.17, 15) is 22.9 Å². The Morgan fingerprint density at radius 3 is 2.81 bits per heavy atom. The summed E-state index contributed by atoms with van der Waals surface area (Å²) in [5.74, 6) is -1.14. The Hall–Kier alpha value is -1.45. The number of fused-ring (bicyclic) bond motifs is 1. The van der Waals surface area contributed by atoms with E-state index in [0.29, 0.717) is 0 Å². The van der Waals surface area contributed by atoms with Crippen molar-refractivity contribution in [1.29, 1.82) is 0 Å². The zero-order chi connectivity index (χ0) is 15.6. The first-order valence-corrected chi connectivity index (χ1v) is 9.03. The van der Waals surface area contributed by atoms with E-state index in [4.69, 9.17) is 10.7 Å². The van der Waals surface area contributed by atoms with Crippen LogP contribution in [0.5, 0.6) is 0 Å². The lowest BCUT2D eigenvalue weighted by atomic mass is 10.2. The highest BCUT2D eigenvalue weighted by molar-refractivity contribution is 8.14. The number of nitro groups is 1. The van der Waals surface area contributed by atoms with Gasteiger partial charge in [0.1, 0.15) is 5.82 Å². The van der Waals surface area contributed by atoms with Crippen LogP contribution in [0.4, 0.5) is 10.1 Å². The molecule has 10 heteroatoms. The standard InChI is InChI=1S/C11H8ClFN2O4S2/c12-21(18,19)5-4-20-11-8(13)6-9(15(16)17)7-2-1-3-14-10(7)11/h1-3,6H,4-5H2. The molecule has 1 heterocycles. The number of pyridine rings is 1. The van der Waals surface area contributed by atoms with Crippen LogP contribution in [0, 0.1) is 15.9 Å². The summed E-state index contributed by atoms with van der Waals surface area (Å²) in [5, 5.41) is 11.1. The zero-order valence-electron chi connectivity index (χ0n) is 10.3. The molecule has 1 aromatic heterocycles. The third-order valence-electron chi connectivity index (χ3n) is 2.55. The van der Waals surface area contributed by atoms with Crippen LogP contribution in [0.2, 0.25) is 0 Å². The molecule has 0 atom stereocenters. The fourth-order valence-electron chi connectivity index (χ4n) is 1.70. The van der Waals surface area contributed by atoms with Crippen LogP contribution < -0.4 is 0 Å². The molecule has 2 aromatic rings. The van der Waals surface area contributed by atoms with E-state index in [2.05, 4.69) is 4.98 Å². The average molecular weight is 351 g/mol. The van der Waals surface area contributed by atoms with Gasteiger partial charge in [-0.05, 0) is 12.1 Å². The van der Waals surface area contributed by atoms with Crippen LogP contribution in [-0.2, 0) is 9.05 Å². The zero-order valence-corrected chi connectivity index (χ0v) is 12.7. The molecule has 0 aliphatic heterocycles. The van der Waals surface area contributed by atoms with Crippen LogP contribution in [0.15, 0.2) is 29.3 Å². The first-order valence-electron chi connectivity index (χ1n) is 5.56. The van der Waals surface area contributed by atoms with Crippen molar-refractivity contribution in [3.63, 3.8) is 0 Å². The minimum absolute atomic E-state index is 0.0201. The number of halogens is 2. The van der Waals surface area contributed by atoms with Crippen molar-refractivity contribution in [3.8, 4) is 0 Å². The van der Waals surface area contributed by atoms with Crippen molar-refractivity contribution in [2.75, 3.05) is 11.5 Å². The topological polar surface area (TPSA) is 90.2 Å². The highest BCUT2D eigenvalue weighted by Crippen LogP contribution is 2.35. The van der Waals surface area contributed by atoms with E-state index in [-0.39, 0.29) is 33.0 Å². The molecule has 0 unspecified atom stereocenters. The molecular formula is C11H8ClFN2O4S2. The lowest BCUT2D eigenvalue weighted by Crippen LogP contribution is -2.01. The highest BCUT2D eigenvalue weighted by Gasteiger charge is 2.20. The third kappa shape index (κ3) is 3.80. The van der Waals surface area contributed by atoms with E-state index in [0.717, 1.165) is 17.8 Å². The van der Waals surface area contributed by atoms with E-state index in [1.54, 1.807) is 0 Å². The minimum Gasteiger partial charge on any atom is -0.258 e. The molecule has 6 nitrogen and oxygen atoms in total. The number of non-ortho nitro benzene ring substituents is 1. The predicted octanol–water partition coefficient (Wildman–Crippen LogP) is 2.94. The first kappa shape index (κ1) is 15.9. The van der Waals surface area contributed by atoms with E-state index < -0.39 is 19.8 Å². The van der Waals surface area contributed by atoms with Crippen LogP contribution >= 0.6 is 22.4 Å². The van der Waals surface area contributed by atoms with Gasteiger partial charge in [-0.1, -0.05) is 0 Å². The van der Waals surface area contributed by atoms with E-state index in [1.165, 1.54) is 18.3 Å². The van der Waals surface area contributed by atoms with Gasteiger partial charge in [0.2, 0.25) is 9.05 Å². The maximum atomic E-state index is 14.0. The maximum Gasteiger partial charge on any atom is 0.281 e. The summed E-state index contributed by atoms with van der Waals surface area (Å²) in [6.07, 6.45) is 1.38. The molecule has 0 amide bonds. The number of benzene rings is 1. The van der Waals surface area contributed by atoms with E-state index >= 15 is 0 Å². The first-order chi connectivity index (χ1) is 9.79. The van der Waals surface area contributed by atoms with Gasteiger partial charge < -0.3 is 0 Å². The number of nitro benzene ring substituents is 1. The van der Waals surface area contributed by atoms with Gasteiger partial charge in [0.15, 0.2) is 0 Å². The van der Waals surface area contributed by atoms with Gasteiger partial charge >= 0.3 is 0 Å². The SMILES string of the molecule is O=[N+]([O-])c1cc(F)c(SCCS(=O)(=O)Cl)c2ncccc12. The fraction of sp³-hybridized carbons (Fsp3) is 0.182. The normalized spacial score (nSPS) is 11.7. The Kier molecular flexibility index (Phi) is 4.64. The molecule has 0 radical (unpaired) electrons. The third-order valence-corrected chi connectivity index (χ3v) is 5.05. The summed E-state index contributed by atoms with van der Waals surface area (Å²) in [6, 6.07) is 3.77. The van der Waals surface area contributed by atoms with Gasteiger partial charge in [-0.15, -0.1) is 11.8 Å². The summed E-state index contributed by atoms with van der Waals surface area (Å²) < 4.78 is 35.7. The predicted molar refractivity (Wildman–Crippen MR) is 78.7 cm³/mol. The summed E-state index contributed by atoms with van der Waals surface area (Å²) in [5.41, 5.74) is -0.258. The molecule has 21 heavy (non-hydrogen) atoms. The van der Waals surface area contributed by atoms with Crippen LogP contribution in [-0.4, -0.2) is 29.8 Å². The number of nitrogens with zero attached hydrogens (tertiary/aromatic N) is 2. The Labute approximate surface area is 127 Å². The van der Waals surface area contributed by atoms with Crippen molar-refractivity contribution in [1.82, 2.24) is 4.98 Å². The van der Waals surface area contributed by atoms with Gasteiger partial charge in [-0.3, -0.25) is 15.1 Å². The monoisotopic (exact) mass is 350 g/mol. The lowest BCUT2D eigenvalue weighted by Gasteiger charge is -2.07. The molecule has 0 aliphatic carbocycles. The Morgan fingerprint density at radius 1 is 1.48 bits per heavy atom. The second-order valence-electron chi connectivity index (χ2n) is 3.95. The Morgan fingerprint density at radius 2 is 2.19 bits per heavy atom. The number of rotatable bonds is 5. The quantitative estimate of drug-likeness (QED) is 0.356. The smallest absolute Gasteiger partial charge is 0.258 e. The average Bonchev–Trinajstić information content (AvgIpc) is 2.39. The minimum atomic E-state index is -3.68. The Bertz CT molecular complexity index is 813. The summed E-state index contributed by atoms with van der Waals surface area (Å²) >= 11 is 0.900. The van der Waals surface area contributed by atoms with Gasteiger partial charge in [-0.25, -0.2) is 12.8 Å². The fourth-order valence-corrected chi connectivity index (χ4v) is 4.10. The van der Waals surface area contributed by atoms with Crippen molar-refractivity contribution in [2.45, 2.75) is 4.90 Å². The molecule has 1 aromatic carbocycles.